The van der Waals surface area contributed by atoms with Crippen LogP contribution in [0.15, 0.2) is 24.3 Å². The summed E-state index contributed by atoms with van der Waals surface area (Å²) in [5, 5.41) is 1.43. The molecule has 0 atom stereocenters. The molecule has 0 bridgehead atoms. The summed E-state index contributed by atoms with van der Waals surface area (Å²) in [6.07, 6.45) is 3.76. The molecule has 1 saturated heterocycles. The number of aromatic nitrogens is 1. The topological polar surface area (TPSA) is 28.8 Å². The fourth-order valence-electron chi connectivity index (χ4n) is 5.98. The van der Waals surface area contributed by atoms with Crippen LogP contribution in [0.25, 0.3) is 10.9 Å². The highest BCUT2D eigenvalue weighted by atomic mass is 15.3. The molecule has 0 unspecified atom stereocenters. The summed E-state index contributed by atoms with van der Waals surface area (Å²) in [5.74, 6) is 1.52. The predicted octanol–water partition coefficient (Wildman–Crippen LogP) is 4.54. The molecule has 2 aliphatic rings. The van der Waals surface area contributed by atoms with Crippen LogP contribution in [0, 0.1) is 11.8 Å². The van der Waals surface area contributed by atoms with E-state index in [1.807, 2.05) is 0 Å². The van der Waals surface area contributed by atoms with Gasteiger partial charge in [-0.05, 0) is 62.5 Å². The van der Waals surface area contributed by atoms with Crippen LogP contribution in [0.4, 0.5) is 0 Å². The van der Waals surface area contributed by atoms with Crippen LogP contribution in [0.1, 0.15) is 51.8 Å². The van der Waals surface area contributed by atoms with Gasteiger partial charge in [0.05, 0.1) is 0 Å². The molecular formula is C29H49N5. The molecule has 0 amide bonds. The van der Waals surface area contributed by atoms with Crippen molar-refractivity contribution in [1.29, 1.82) is 0 Å². The van der Waals surface area contributed by atoms with E-state index in [2.05, 4.69) is 76.5 Å². The minimum atomic E-state index is 0.761. The summed E-state index contributed by atoms with van der Waals surface area (Å²) in [7, 11) is 0. The Balaban J connectivity index is 1.11. The van der Waals surface area contributed by atoms with Gasteiger partial charge < -0.3 is 19.7 Å². The molecule has 4 rings (SSSR count). The molecule has 2 aliphatic heterocycles. The predicted molar refractivity (Wildman–Crippen MR) is 146 cm³/mol. The first-order valence-corrected chi connectivity index (χ1v) is 14.0. The SMILES string of the molecule is CC(C)CN(CCCN1CCN(CCCN2CCc3[nH]c4ccccc4c3C2)CC1)CC(C)C. The first kappa shape index (κ1) is 25.7. The van der Waals surface area contributed by atoms with Crippen LogP contribution in [0.3, 0.4) is 0 Å². The minimum Gasteiger partial charge on any atom is -0.358 e. The molecule has 190 valence electrons. The van der Waals surface area contributed by atoms with Crippen molar-refractivity contribution in [3.8, 4) is 0 Å². The van der Waals surface area contributed by atoms with E-state index in [4.69, 9.17) is 0 Å². The monoisotopic (exact) mass is 467 g/mol. The van der Waals surface area contributed by atoms with Gasteiger partial charge in [0.15, 0.2) is 0 Å². The van der Waals surface area contributed by atoms with Crippen LogP contribution in [0.5, 0.6) is 0 Å². The molecule has 2 aromatic rings. The lowest BCUT2D eigenvalue weighted by molar-refractivity contribution is 0.118. The second-order valence-corrected chi connectivity index (χ2v) is 11.6. The molecule has 1 N–H and O–H groups in total. The number of hydrogen-bond donors (Lipinski definition) is 1. The van der Waals surface area contributed by atoms with Gasteiger partial charge in [0.1, 0.15) is 0 Å². The van der Waals surface area contributed by atoms with E-state index in [0.717, 1.165) is 24.8 Å². The second-order valence-electron chi connectivity index (χ2n) is 11.6. The fraction of sp³-hybridized carbons (Fsp3) is 0.724. The number of nitrogens with zero attached hydrogens (tertiary/aromatic N) is 4. The summed E-state index contributed by atoms with van der Waals surface area (Å²) in [6.45, 7) is 24.1. The molecule has 0 radical (unpaired) electrons. The third kappa shape index (κ3) is 7.30. The van der Waals surface area contributed by atoms with Crippen molar-refractivity contribution in [1.82, 2.24) is 24.6 Å². The summed E-state index contributed by atoms with van der Waals surface area (Å²) in [5.41, 5.74) is 4.31. The van der Waals surface area contributed by atoms with E-state index in [-0.39, 0.29) is 0 Å². The van der Waals surface area contributed by atoms with E-state index in [9.17, 15) is 0 Å². The summed E-state index contributed by atoms with van der Waals surface area (Å²) in [6, 6.07) is 8.80. The van der Waals surface area contributed by atoms with Crippen molar-refractivity contribution in [2.75, 3.05) is 72.0 Å². The molecule has 3 heterocycles. The van der Waals surface area contributed by atoms with Crippen molar-refractivity contribution in [3.63, 3.8) is 0 Å². The quantitative estimate of drug-likeness (QED) is 0.496. The van der Waals surface area contributed by atoms with Crippen LogP contribution in [0.2, 0.25) is 0 Å². The van der Waals surface area contributed by atoms with Crippen molar-refractivity contribution >= 4 is 10.9 Å². The maximum atomic E-state index is 3.64. The standard InChI is InChI=1S/C29H49N5/c1-24(2)21-34(22-25(3)4)15-8-13-32-19-17-31(18-20-32)12-7-14-33-16-11-29-27(23-33)26-9-5-6-10-28(26)30-29/h5-6,9-10,24-25,30H,7-8,11-23H2,1-4H3. The van der Waals surface area contributed by atoms with Crippen LogP contribution in [-0.4, -0.2) is 96.6 Å². The van der Waals surface area contributed by atoms with Gasteiger partial charge in [-0.15, -0.1) is 0 Å². The molecule has 5 heteroatoms. The van der Waals surface area contributed by atoms with E-state index in [1.165, 1.54) is 107 Å². The zero-order valence-electron chi connectivity index (χ0n) is 22.4. The highest BCUT2D eigenvalue weighted by Crippen LogP contribution is 2.27. The number of rotatable bonds is 12. The highest BCUT2D eigenvalue weighted by molar-refractivity contribution is 5.84. The first-order chi connectivity index (χ1) is 16.5. The lowest BCUT2D eigenvalue weighted by Crippen LogP contribution is -2.47. The van der Waals surface area contributed by atoms with E-state index >= 15 is 0 Å². The van der Waals surface area contributed by atoms with Crippen LogP contribution >= 0.6 is 0 Å². The number of piperazine rings is 1. The lowest BCUT2D eigenvalue weighted by Gasteiger charge is -2.36. The average molecular weight is 468 g/mol. The van der Waals surface area contributed by atoms with Crippen molar-refractivity contribution < 1.29 is 0 Å². The van der Waals surface area contributed by atoms with Gasteiger partial charge in [0.2, 0.25) is 0 Å². The zero-order chi connectivity index (χ0) is 23.9. The minimum absolute atomic E-state index is 0.761. The lowest BCUT2D eigenvalue weighted by atomic mass is 10.0. The van der Waals surface area contributed by atoms with Gasteiger partial charge in [-0.2, -0.15) is 0 Å². The molecule has 34 heavy (non-hydrogen) atoms. The number of hydrogen-bond acceptors (Lipinski definition) is 4. The molecule has 1 aromatic carbocycles. The second kappa shape index (κ2) is 12.5. The van der Waals surface area contributed by atoms with Crippen molar-refractivity contribution in [2.24, 2.45) is 11.8 Å². The highest BCUT2D eigenvalue weighted by Gasteiger charge is 2.21. The Morgan fingerprint density at radius 2 is 1.41 bits per heavy atom. The van der Waals surface area contributed by atoms with E-state index in [0.29, 0.717) is 0 Å². The Hall–Kier alpha value is -1.40. The number of benzene rings is 1. The zero-order valence-corrected chi connectivity index (χ0v) is 22.4. The number of aromatic amines is 1. The van der Waals surface area contributed by atoms with Crippen LogP contribution in [-0.2, 0) is 13.0 Å². The fourth-order valence-corrected chi connectivity index (χ4v) is 5.98. The Kier molecular flexibility index (Phi) is 9.46. The summed E-state index contributed by atoms with van der Waals surface area (Å²) >= 11 is 0. The van der Waals surface area contributed by atoms with Gasteiger partial charge in [-0.25, -0.2) is 0 Å². The maximum absolute atomic E-state index is 3.64. The first-order valence-electron chi connectivity index (χ1n) is 14.0. The van der Waals surface area contributed by atoms with Gasteiger partial charge in [0, 0.05) is 75.4 Å². The maximum Gasteiger partial charge on any atom is 0.0459 e. The average Bonchev–Trinajstić information content (AvgIpc) is 3.17. The third-order valence-corrected chi connectivity index (χ3v) is 7.57. The smallest absolute Gasteiger partial charge is 0.0459 e. The van der Waals surface area contributed by atoms with Gasteiger partial charge in [0.25, 0.3) is 0 Å². The van der Waals surface area contributed by atoms with Gasteiger partial charge in [-0.3, -0.25) is 4.90 Å². The normalized spacial score (nSPS) is 18.6. The molecular weight excluding hydrogens is 418 g/mol. The molecule has 5 nitrogen and oxygen atoms in total. The summed E-state index contributed by atoms with van der Waals surface area (Å²) in [4.78, 5) is 14.4. The van der Waals surface area contributed by atoms with Gasteiger partial charge in [-0.1, -0.05) is 45.9 Å². The Morgan fingerprint density at radius 3 is 2.09 bits per heavy atom. The number of H-pyrrole nitrogens is 1. The molecule has 1 fully saturated rings. The third-order valence-electron chi connectivity index (χ3n) is 7.57. The van der Waals surface area contributed by atoms with Crippen molar-refractivity contribution in [3.05, 3.63) is 35.5 Å². The van der Waals surface area contributed by atoms with Crippen molar-refractivity contribution in [2.45, 2.75) is 53.5 Å². The molecule has 0 spiro atoms. The molecule has 0 saturated carbocycles. The largest absolute Gasteiger partial charge is 0.358 e. The number of fused-ring (bicyclic) bond motifs is 3. The molecule has 0 aliphatic carbocycles. The number of para-hydroxylation sites is 1. The molecule has 1 aromatic heterocycles. The van der Waals surface area contributed by atoms with E-state index < -0.39 is 0 Å². The number of nitrogens with one attached hydrogen (secondary N) is 1. The Labute approximate surface area is 208 Å². The Bertz CT molecular complexity index is 855. The van der Waals surface area contributed by atoms with Crippen LogP contribution < -0.4 is 0 Å². The summed E-state index contributed by atoms with van der Waals surface area (Å²) < 4.78 is 0. The van der Waals surface area contributed by atoms with Gasteiger partial charge >= 0.3 is 0 Å². The Morgan fingerprint density at radius 1 is 0.794 bits per heavy atom. The van der Waals surface area contributed by atoms with E-state index in [1.54, 1.807) is 0 Å².